The minimum Gasteiger partial charge on any atom is -0.369 e. The van der Waals surface area contributed by atoms with Gasteiger partial charge in [-0.3, -0.25) is 0 Å². The largest absolute Gasteiger partial charge is 0.369 e. The molecule has 2 fully saturated rings. The maximum Gasteiger partial charge on any atom is 0.194 e. The second kappa shape index (κ2) is 14.3. The quantitative estimate of drug-likeness (QED) is 0.148. The van der Waals surface area contributed by atoms with Crippen molar-refractivity contribution in [2.45, 2.75) is 43.7 Å². The van der Waals surface area contributed by atoms with E-state index < -0.39 is 54.2 Å². The predicted molar refractivity (Wildman–Crippen MR) is 176 cm³/mol. The van der Waals surface area contributed by atoms with E-state index in [1.165, 1.54) is 10.9 Å². The predicted octanol–water partition coefficient (Wildman–Crippen LogP) is 7.65. The van der Waals surface area contributed by atoms with Gasteiger partial charge >= 0.3 is 0 Å². The number of hydrogen-bond donors (Lipinski definition) is 0. The molecule has 0 radical (unpaired) electrons. The van der Waals surface area contributed by atoms with Crippen molar-refractivity contribution in [3.63, 3.8) is 0 Å². The summed E-state index contributed by atoms with van der Waals surface area (Å²) in [6, 6.07) is 15.3. The third kappa shape index (κ3) is 6.78. The SMILES string of the molecule is Cc1nc([C@@H]2O[C@@H]3CO[C@H](c4ccccc4)O[C@@H]3[C@H](n3cc(-c4cc(F)c(F)c(F)c4)nn3)[C@H]2OC/C=C/Br)n(-c2cc(Cl)ccc2Cl)n1. The van der Waals surface area contributed by atoms with E-state index >= 15 is 0 Å². The van der Waals surface area contributed by atoms with Crippen LogP contribution in [0.25, 0.3) is 16.9 Å². The van der Waals surface area contributed by atoms with Gasteiger partial charge in [0.15, 0.2) is 29.6 Å². The van der Waals surface area contributed by atoms with Crippen molar-refractivity contribution < 1.29 is 32.1 Å². The summed E-state index contributed by atoms with van der Waals surface area (Å²) in [5.41, 5.74) is 1.33. The molecule has 2 aliphatic rings. The Labute approximate surface area is 296 Å². The molecule has 49 heavy (non-hydrogen) atoms. The van der Waals surface area contributed by atoms with E-state index in [1.807, 2.05) is 30.3 Å². The summed E-state index contributed by atoms with van der Waals surface area (Å²) in [4.78, 5) is 6.40. The van der Waals surface area contributed by atoms with Gasteiger partial charge in [0.25, 0.3) is 0 Å². The van der Waals surface area contributed by atoms with E-state index in [0.717, 1.165) is 17.7 Å². The Kier molecular flexibility index (Phi) is 9.88. The molecule has 2 saturated heterocycles. The normalized spacial score (nSPS) is 24.0. The molecule has 3 aromatic carbocycles. The molecule has 0 bridgehead atoms. The van der Waals surface area contributed by atoms with Crippen LogP contribution in [0.1, 0.15) is 35.6 Å². The second-order valence-corrected chi connectivity index (χ2v) is 12.7. The molecule has 0 unspecified atom stereocenters. The number of rotatable bonds is 8. The van der Waals surface area contributed by atoms with Crippen LogP contribution in [-0.4, -0.2) is 61.3 Å². The molecule has 254 valence electrons. The van der Waals surface area contributed by atoms with Gasteiger partial charge in [0, 0.05) is 16.1 Å². The highest BCUT2D eigenvalue weighted by Crippen LogP contribution is 2.45. The summed E-state index contributed by atoms with van der Waals surface area (Å²) in [5.74, 6) is -3.51. The maximum atomic E-state index is 14.2. The van der Waals surface area contributed by atoms with Gasteiger partial charge in [-0.1, -0.05) is 80.8 Å². The first-order chi connectivity index (χ1) is 23.7. The van der Waals surface area contributed by atoms with Crippen molar-refractivity contribution in [2.75, 3.05) is 13.2 Å². The Morgan fingerprint density at radius 3 is 2.57 bits per heavy atom. The van der Waals surface area contributed by atoms with E-state index in [9.17, 15) is 13.2 Å². The lowest BCUT2D eigenvalue weighted by Crippen LogP contribution is -2.57. The molecule has 0 spiro atoms. The fourth-order valence-corrected chi connectivity index (χ4v) is 6.49. The number of aromatic nitrogens is 6. The monoisotopic (exact) mass is 776 g/mol. The molecular formula is C33H26BrCl2F3N6O4. The van der Waals surface area contributed by atoms with Gasteiger partial charge in [-0.05, 0) is 42.2 Å². The molecule has 0 amide bonds. The molecule has 2 aromatic heterocycles. The van der Waals surface area contributed by atoms with Crippen molar-refractivity contribution in [2.24, 2.45) is 0 Å². The molecule has 16 heteroatoms. The Balaban J connectivity index is 1.36. The highest BCUT2D eigenvalue weighted by atomic mass is 79.9. The second-order valence-electron chi connectivity index (χ2n) is 11.3. The van der Waals surface area contributed by atoms with E-state index in [2.05, 4.69) is 31.3 Å². The molecule has 10 nitrogen and oxygen atoms in total. The van der Waals surface area contributed by atoms with Crippen LogP contribution >= 0.6 is 39.1 Å². The van der Waals surface area contributed by atoms with Crippen LogP contribution in [0.2, 0.25) is 10.0 Å². The van der Waals surface area contributed by atoms with E-state index in [-0.39, 0.29) is 24.5 Å². The fraction of sp³-hybridized carbons (Fsp3) is 0.273. The molecule has 6 atom stereocenters. The molecule has 4 heterocycles. The minimum atomic E-state index is -1.58. The van der Waals surface area contributed by atoms with Crippen molar-refractivity contribution in [3.05, 3.63) is 123 Å². The first kappa shape index (κ1) is 33.8. The van der Waals surface area contributed by atoms with Gasteiger partial charge in [-0.15, -0.1) is 5.10 Å². The number of aryl methyl sites for hydroxylation is 1. The average Bonchev–Trinajstić information content (AvgIpc) is 3.75. The van der Waals surface area contributed by atoms with Gasteiger partial charge in [0.05, 0.1) is 30.1 Å². The zero-order valence-corrected chi connectivity index (χ0v) is 28.6. The van der Waals surface area contributed by atoms with Crippen LogP contribution in [0.5, 0.6) is 0 Å². The van der Waals surface area contributed by atoms with Crippen LogP contribution in [-0.2, 0) is 18.9 Å². The van der Waals surface area contributed by atoms with Crippen LogP contribution in [0.4, 0.5) is 13.2 Å². The van der Waals surface area contributed by atoms with Gasteiger partial charge < -0.3 is 18.9 Å². The number of benzene rings is 3. The summed E-state index contributed by atoms with van der Waals surface area (Å²) in [5, 5.41) is 14.0. The van der Waals surface area contributed by atoms with Crippen molar-refractivity contribution in [1.29, 1.82) is 0 Å². The Bertz CT molecular complexity index is 1980. The Morgan fingerprint density at radius 1 is 1.04 bits per heavy atom. The summed E-state index contributed by atoms with van der Waals surface area (Å²) in [6.07, 6.45) is -0.735. The zero-order valence-electron chi connectivity index (χ0n) is 25.5. The van der Waals surface area contributed by atoms with Crippen LogP contribution in [0.3, 0.4) is 0 Å². The number of ether oxygens (including phenoxy) is 4. The van der Waals surface area contributed by atoms with Gasteiger partial charge in [-0.2, -0.15) is 5.10 Å². The van der Waals surface area contributed by atoms with Gasteiger partial charge in [0.2, 0.25) is 0 Å². The summed E-state index contributed by atoms with van der Waals surface area (Å²) < 4.78 is 71.3. The highest BCUT2D eigenvalue weighted by molar-refractivity contribution is 9.11. The third-order valence-electron chi connectivity index (χ3n) is 8.12. The Hall–Kier alpha value is -3.63. The summed E-state index contributed by atoms with van der Waals surface area (Å²) in [6.45, 7) is 1.97. The van der Waals surface area contributed by atoms with Gasteiger partial charge in [-0.25, -0.2) is 27.5 Å². The van der Waals surface area contributed by atoms with Crippen molar-refractivity contribution in [3.8, 4) is 16.9 Å². The lowest BCUT2D eigenvalue weighted by atomic mass is 9.90. The molecule has 0 saturated carbocycles. The average molecular weight is 778 g/mol. The van der Waals surface area contributed by atoms with E-state index in [4.69, 9.17) is 47.1 Å². The van der Waals surface area contributed by atoms with Gasteiger partial charge in [0.1, 0.15) is 42.0 Å². The smallest absolute Gasteiger partial charge is 0.194 e. The molecule has 5 aromatic rings. The third-order valence-corrected chi connectivity index (χ3v) is 9.05. The fourth-order valence-electron chi connectivity index (χ4n) is 5.98. The first-order valence-corrected chi connectivity index (χ1v) is 16.7. The van der Waals surface area contributed by atoms with Crippen LogP contribution in [0.15, 0.2) is 77.9 Å². The van der Waals surface area contributed by atoms with E-state index in [0.29, 0.717) is 27.4 Å². The van der Waals surface area contributed by atoms with Crippen molar-refractivity contribution in [1.82, 2.24) is 29.8 Å². The molecule has 0 N–H and O–H groups in total. The highest BCUT2D eigenvalue weighted by Gasteiger charge is 2.53. The van der Waals surface area contributed by atoms with Crippen LogP contribution < -0.4 is 0 Å². The standard InChI is InChI=1S/C33H26BrCl2F3N6O4/c1-17-40-32(45(42-17)25-14-20(35)8-9-21(25)36)31-30(46-11-5-10-34)28(29-26(48-31)16-47-33(49-29)18-6-3-2-4-7-18)44-15-24(41-43-44)19-12-22(37)27(39)23(38)13-19/h2-10,12-15,26,28-31,33H,11,16H2,1H3/b10-5+/t26-,28+,29+,30-,31-,33+/m1/s1. The molecule has 2 aliphatic heterocycles. The van der Waals surface area contributed by atoms with Crippen molar-refractivity contribution >= 4 is 39.1 Å². The molecule has 0 aliphatic carbocycles. The number of halogens is 6. The minimum absolute atomic E-state index is 0.0106. The topological polar surface area (TPSA) is 98.3 Å². The van der Waals surface area contributed by atoms with E-state index in [1.54, 1.807) is 40.9 Å². The number of hydrogen-bond acceptors (Lipinski definition) is 8. The number of nitrogens with zero attached hydrogens (tertiary/aromatic N) is 6. The zero-order chi connectivity index (χ0) is 34.2. The lowest BCUT2D eigenvalue weighted by Gasteiger charge is -2.49. The van der Waals surface area contributed by atoms with Crippen LogP contribution in [0, 0.1) is 24.4 Å². The maximum absolute atomic E-state index is 14.2. The molecular weight excluding hydrogens is 752 g/mol. The summed E-state index contributed by atoms with van der Waals surface area (Å²) >= 11 is 16.3. The lowest BCUT2D eigenvalue weighted by molar-refractivity contribution is -0.322. The number of fused-ring (bicyclic) bond motifs is 1. The Morgan fingerprint density at radius 2 is 1.82 bits per heavy atom. The summed E-state index contributed by atoms with van der Waals surface area (Å²) in [7, 11) is 0. The first-order valence-electron chi connectivity index (χ1n) is 15.0. The molecule has 7 rings (SSSR count).